The zero-order chi connectivity index (χ0) is 13.2. The van der Waals surface area contributed by atoms with Crippen LogP contribution >= 0.6 is 0 Å². The van der Waals surface area contributed by atoms with Crippen molar-refractivity contribution >= 4 is 5.69 Å². The van der Waals surface area contributed by atoms with E-state index in [1.807, 2.05) is 55.5 Å². The van der Waals surface area contributed by atoms with E-state index in [9.17, 15) is 0 Å². The first-order valence-corrected chi connectivity index (χ1v) is 5.96. The van der Waals surface area contributed by atoms with Gasteiger partial charge >= 0.3 is 0 Å². The van der Waals surface area contributed by atoms with E-state index < -0.39 is 0 Å². The van der Waals surface area contributed by atoms with Crippen LogP contribution < -0.4 is 5.73 Å². The number of nitrogen functional groups attached to an aromatic ring is 1. The van der Waals surface area contributed by atoms with Crippen molar-refractivity contribution in [3.8, 4) is 17.1 Å². The molecule has 0 fully saturated rings. The SMILES string of the molecule is Cc1ccc(-c2nnnn2-c2ccccc2)cc1N. The quantitative estimate of drug-likeness (QED) is 0.709. The molecule has 2 N–H and O–H groups in total. The second-order valence-electron chi connectivity index (χ2n) is 4.32. The molecular formula is C14H13N5. The molecule has 0 radical (unpaired) electrons. The minimum Gasteiger partial charge on any atom is -0.398 e. The third-order valence-electron chi connectivity index (χ3n) is 3.01. The predicted octanol–water partition coefficient (Wildman–Crippen LogP) is 2.22. The smallest absolute Gasteiger partial charge is 0.187 e. The fraction of sp³-hybridized carbons (Fsp3) is 0.0714. The summed E-state index contributed by atoms with van der Waals surface area (Å²) in [7, 11) is 0. The van der Waals surface area contributed by atoms with Gasteiger partial charge in [-0.25, -0.2) is 0 Å². The Morgan fingerprint density at radius 3 is 2.58 bits per heavy atom. The molecule has 94 valence electrons. The molecule has 3 rings (SSSR count). The molecule has 1 aromatic heterocycles. The van der Waals surface area contributed by atoms with E-state index in [1.54, 1.807) is 4.68 Å². The topological polar surface area (TPSA) is 69.6 Å². The van der Waals surface area contributed by atoms with Crippen molar-refractivity contribution in [2.45, 2.75) is 6.92 Å². The molecule has 0 amide bonds. The van der Waals surface area contributed by atoms with Crippen LogP contribution in [0.5, 0.6) is 0 Å². The lowest BCUT2D eigenvalue weighted by molar-refractivity contribution is 0.791. The first-order chi connectivity index (χ1) is 9.25. The van der Waals surface area contributed by atoms with Gasteiger partial charge in [0.1, 0.15) is 0 Å². The van der Waals surface area contributed by atoms with Gasteiger partial charge < -0.3 is 5.73 Å². The van der Waals surface area contributed by atoms with Crippen molar-refractivity contribution in [1.82, 2.24) is 20.2 Å². The average Bonchev–Trinajstić information content (AvgIpc) is 2.92. The maximum Gasteiger partial charge on any atom is 0.187 e. The van der Waals surface area contributed by atoms with Crippen molar-refractivity contribution < 1.29 is 0 Å². The first-order valence-electron chi connectivity index (χ1n) is 5.96. The largest absolute Gasteiger partial charge is 0.398 e. The zero-order valence-electron chi connectivity index (χ0n) is 10.5. The molecule has 0 aliphatic rings. The Kier molecular flexibility index (Phi) is 2.72. The number of hydrogen-bond donors (Lipinski definition) is 1. The summed E-state index contributed by atoms with van der Waals surface area (Å²) in [5, 5.41) is 11.9. The predicted molar refractivity (Wildman–Crippen MR) is 73.7 cm³/mol. The van der Waals surface area contributed by atoms with Crippen LogP contribution in [0, 0.1) is 6.92 Å². The normalized spacial score (nSPS) is 10.6. The number of nitrogens with two attached hydrogens (primary N) is 1. The lowest BCUT2D eigenvalue weighted by Gasteiger charge is -2.06. The lowest BCUT2D eigenvalue weighted by Crippen LogP contribution is -2.00. The summed E-state index contributed by atoms with van der Waals surface area (Å²) in [6.45, 7) is 1.97. The maximum atomic E-state index is 5.94. The third kappa shape index (κ3) is 2.06. The van der Waals surface area contributed by atoms with E-state index >= 15 is 0 Å². The van der Waals surface area contributed by atoms with Gasteiger partial charge in [-0.1, -0.05) is 30.3 Å². The van der Waals surface area contributed by atoms with Crippen molar-refractivity contribution in [3.05, 3.63) is 54.1 Å². The molecule has 0 spiro atoms. The highest BCUT2D eigenvalue weighted by atomic mass is 15.5. The highest BCUT2D eigenvalue weighted by Gasteiger charge is 2.11. The number of aryl methyl sites for hydroxylation is 1. The van der Waals surface area contributed by atoms with Crippen LogP contribution in [0.4, 0.5) is 5.69 Å². The Balaban J connectivity index is 2.12. The summed E-state index contributed by atoms with van der Waals surface area (Å²) in [5.74, 6) is 0.679. The molecule has 5 nitrogen and oxygen atoms in total. The van der Waals surface area contributed by atoms with Crippen LogP contribution in [0.25, 0.3) is 17.1 Å². The van der Waals surface area contributed by atoms with Crippen LogP contribution in [0.3, 0.4) is 0 Å². The summed E-state index contributed by atoms with van der Waals surface area (Å²) in [6.07, 6.45) is 0. The molecule has 0 aliphatic heterocycles. The highest BCUT2D eigenvalue weighted by Crippen LogP contribution is 2.23. The number of nitrogens with zero attached hydrogens (tertiary/aromatic N) is 4. The second-order valence-corrected chi connectivity index (χ2v) is 4.32. The molecule has 0 saturated carbocycles. The van der Waals surface area contributed by atoms with Crippen LogP contribution in [0.15, 0.2) is 48.5 Å². The van der Waals surface area contributed by atoms with Crippen LogP contribution in [-0.4, -0.2) is 20.2 Å². The lowest BCUT2D eigenvalue weighted by atomic mass is 10.1. The summed E-state index contributed by atoms with van der Waals surface area (Å²) in [4.78, 5) is 0. The van der Waals surface area contributed by atoms with Crippen molar-refractivity contribution in [2.75, 3.05) is 5.73 Å². The Morgan fingerprint density at radius 1 is 1.05 bits per heavy atom. The molecular weight excluding hydrogens is 238 g/mol. The number of rotatable bonds is 2. The molecule has 0 saturated heterocycles. The van der Waals surface area contributed by atoms with Crippen LogP contribution in [-0.2, 0) is 0 Å². The van der Waals surface area contributed by atoms with E-state index in [2.05, 4.69) is 15.5 Å². The van der Waals surface area contributed by atoms with Crippen molar-refractivity contribution in [3.63, 3.8) is 0 Å². The van der Waals surface area contributed by atoms with Gasteiger partial charge in [0.2, 0.25) is 0 Å². The Labute approximate surface area is 110 Å². The summed E-state index contributed by atoms with van der Waals surface area (Å²) >= 11 is 0. The number of aromatic nitrogens is 4. The minimum atomic E-state index is 0.679. The van der Waals surface area contributed by atoms with E-state index in [1.165, 1.54) is 0 Å². The van der Waals surface area contributed by atoms with Gasteiger partial charge in [-0.3, -0.25) is 0 Å². The van der Waals surface area contributed by atoms with Crippen LogP contribution in [0.1, 0.15) is 5.56 Å². The van der Waals surface area contributed by atoms with Crippen LogP contribution in [0.2, 0.25) is 0 Å². The number of hydrogen-bond acceptors (Lipinski definition) is 4. The minimum absolute atomic E-state index is 0.679. The van der Waals surface area contributed by atoms with Gasteiger partial charge in [-0.2, -0.15) is 4.68 Å². The average molecular weight is 251 g/mol. The molecule has 19 heavy (non-hydrogen) atoms. The standard InChI is InChI=1S/C14H13N5/c1-10-7-8-11(9-13(10)15)14-16-17-18-19(14)12-5-3-2-4-6-12/h2-9H,15H2,1H3. The highest BCUT2D eigenvalue weighted by molar-refractivity contribution is 5.64. The summed E-state index contributed by atoms with van der Waals surface area (Å²) in [5.41, 5.74) is 9.54. The summed E-state index contributed by atoms with van der Waals surface area (Å²) in [6, 6.07) is 15.6. The molecule has 5 heteroatoms. The van der Waals surface area contributed by atoms with Crippen molar-refractivity contribution in [1.29, 1.82) is 0 Å². The van der Waals surface area contributed by atoms with Crippen molar-refractivity contribution in [2.24, 2.45) is 0 Å². The zero-order valence-corrected chi connectivity index (χ0v) is 10.5. The molecule has 0 aliphatic carbocycles. The number of tetrazole rings is 1. The monoisotopic (exact) mass is 251 g/mol. The Morgan fingerprint density at radius 2 is 1.84 bits per heavy atom. The molecule has 1 heterocycles. The fourth-order valence-electron chi connectivity index (χ4n) is 1.89. The van der Waals surface area contributed by atoms with E-state index in [0.29, 0.717) is 5.82 Å². The van der Waals surface area contributed by atoms with Gasteiger partial charge in [-0.05, 0) is 41.1 Å². The molecule has 2 aromatic carbocycles. The van der Waals surface area contributed by atoms with Gasteiger partial charge in [0, 0.05) is 11.3 Å². The molecule has 0 bridgehead atoms. The second kappa shape index (κ2) is 4.53. The van der Waals surface area contributed by atoms with E-state index in [0.717, 1.165) is 22.5 Å². The van der Waals surface area contributed by atoms with Gasteiger partial charge in [0.05, 0.1) is 5.69 Å². The molecule has 0 atom stereocenters. The Bertz CT molecular complexity index is 703. The number of anilines is 1. The number of para-hydroxylation sites is 1. The molecule has 0 unspecified atom stereocenters. The Hall–Kier alpha value is -2.69. The van der Waals surface area contributed by atoms with Gasteiger partial charge in [-0.15, -0.1) is 5.10 Å². The van der Waals surface area contributed by atoms with E-state index in [4.69, 9.17) is 5.73 Å². The third-order valence-corrected chi connectivity index (χ3v) is 3.01. The fourth-order valence-corrected chi connectivity index (χ4v) is 1.89. The van der Waals surface area contributed by atoms with E-state index in [-0.39, 0.29) is 0 Å². The first kappa shape index (κ1) is 11.4. The summed E-state index contributed by atoms with van der Waals surface area (Å²) < 4.78 is 1.70. The van der Waals surface area contributed by atoms with Gasteiger partial charge in [0.25, 0.3) is 0 Å². The molecule has 3 aromatic rings. The number of benzene rings is 2. The maximum absolute atomic E-state index is 5.94. The van der Waals surface area contributed by atoms with Gasteiger partial charge in [0.15, 0.2) is 5.82 Å².